The minimum Gasteiger partial charge on any atom is -0.494 e. The Kier molecular flexibility index (Phi) is 4.78. The molecule has 156 valence electrons. The summed E-state index contributed by atoms with van der Waals surface area (Å²) in [6.07, 6.45) is 5.82. The Bertz CT molecular complexity index is 1070. The van der Waals surface area contributed by atoms with Crippen molar-refractivity contribution in [3.05, 3.63) is 47.4 Å². The second-order valence-corrected chi connectivity index (χ2v) is 7.98. The Hall–Kier alpha value is -3.13. The molecule has 0 amide bonds. The van der Waals surface area contributed by atoms with Crippen LogP contribution in [-0.2, 0) is 13.0 Å². The Morgan fingerprint density at radius 3 is 2.80 bits per heavy atom. The fourth-order valence-electron chi connectivity index (χ4n) is 4.04. The number of aryl methyl sites for hydroxylation is 1. The molecule has 30 heavy (non-hydrogen) atoms. The summed E-state index contributed by atoms with van der Waals surface area (Å²) in [4.78, 5) is 11.5. The fraction of sp³-hybridized carbons (Fsp3) is 0.409. The van der Waals surface area contributed by atoms with Crippen molar-refractivity contribution in [3.8, 4) is 11.4 Å². The van der Waals surface area contributed by atoms with Crippen LogP contribution in [0.25, 0.3) is 5.69 Å². The number of methoxy groups -OCH3 is 1. The quantitative estimate of drug-likeness (QED) is 0.651. The standard InChI is InChI=1S/C22H27N7O/c1-14-10-21(23-2)26-22(24-14)25-16-4-7-20(30-3)19(11-16)29-13-15-12-28(17-5-6-17)9-8-18(15)27-29/h4,7,10-11,13,17H,5-6,8-9,12H2,1-3H3,(H2,23,24,25,26). The average Bonchev–Trinajstić information content (AvgIpc) is 3.51. The lowest BCUT2D eigenvalue weighted by atomic mass is 10.1. The summed E-state index contributed by atoms with van der Waals surface area (Å²) < 4.78 is 7.57. The summed E-state index contributed by atoms with van der Waals surface area (Å²) >= 11 is 0. The smallest absolute Gasteiger partial charge is 0.229 e. The molecule has 1 aromatic carbocycles. The Balaban J connectivity index is 1.45. The largest absolute Gasteiger partial charge is 0.494 e. The van der Waals surface area contributed by atoms with Crippen molar-refractivity contribution in [1.82, 2.24) is 24.6 Å². The third-order valence-corrected chi connectivity index (χ3v) is 5.74. The highest BCUT2D eigenvalue weighted by Crippen LogP contribution is 2.33. The van der Waals surface area contributed by atoms with E-state index in [9.17, 15) is 0 Å². The summed E-state index contributed by atoms with van der Waals surface area (Å²) in [7, 11) is 3.54. The molecule has 2 N–H and O–H groups in total. The monoisotopic (exact) mass is 405 g/mol. The Labute approximate surface area is 176 Å². The van der Waals surface area contributed by atoms with E-state index in [1.807, 2.05) is 42.9 Å². The zero-order valence-electron chi connectivity index (χ0n) is 17.6. The first kappa shape index (κ1) is 18.9. The van der Waals surface area contributed by atoms with E-state index in [-0.39, 0.29) is 0 Å². The van der Waals surface area contributed by atoms with E-state index < -0.39 is 0 Å². The molecule has 5 rings (SSSR count). The van der Waals surface area contributed by atoms with Crippen molar-refractivity contribution in [3.63, 3.8) is 0 Å². The molecule has 1 aliphatic heterocycles. The molecule has 8 nitrogen and oxygen atoms in total. The predicted molar refractivity (Wildman–Crippen MR) is 117 cm³/mol. The third-order valence-electron chi connectivity index (χ3n) is 5.74. The summed E-state index contributed by atoms with van der Waals surface area (Å²) in [5.41, 5.74) is 5.18. The lowest BCUT2D eigenvalue weighted by Gasteiger charge is -2.25. The van der Waals surface area contributed by atoms with Crippen LogP contribution in [0.4, 0.5) is 17.5 Å². The van der Waals surface area contributed by atoms with Crippen LogP contribution in [-0.4, -0.2) is 51.4 Å². The van der Waals surface area contributed by atoms with Gasteiger partial charge in [-0.15, -0.1) is 0 Å². The molecule has 0 saturated heterocycles. The zero-order chi connectivity index (χ0) is 20.7. The molecule has 8 heteroatoms. The number of benzene rings is 1. The van der Waals surface area contributed by atoms with E-state index in [1.165, 1.54) is 24.1 Å². The van der Waals surface area contributed by atoms with E-state index >= 15 is 0 Å². The van der Waals surface area contributed by atoms with Crippen molar-refractivity contribution in [2.45, 2.75) is 38.8 Å². The topological polar surface area (TPSA) is 80.1 Å². The van der Waals surface area contributed by atoms with Crippen LogP contribution in [0.15, 0.2) is 30.5 Å². The van der Waals surface area contributed by atoms with E-state index in [0.29, 0.717) is 5.95 Å². The van der Waals surface area contributed by atoms with Gasteiger partial charge in [-0.25, -0.2) is 9.67 Å². The lowest BCUT2D eigenvalue weighted by molar-refractivity contribution is 0.243. The first-order chi connectivity index (χ1) is 14.6. The van der Waals surface area contributed by atoms with Gasteiger partial charge in [0.15, 0.2) is 0 Å². The third kappa shape index (κ3) is 3.70. The number of aromatic nitrogens is 4. The van der Waals surface area contributed by atoms with Crippen molar-refractivity contribution >= 4 is 17.5 Å². The van der Waals surface area contributed by atoms with Crippen LogP contribution in [0.1, 0.15) is 29.8 Å². The second kappa shape index (κ2) is 7.60. The molecule has 0 atom stereocenters. The molecule has 0 bridgehead atoms. The molecule has 1 saturated carbocycles. The SMILES string of the molecule is CNc1cc(C)nc(Nc2ccc(OC)c(-n3cc4c(n3)CCN(C3CC3)C4)c2)n1. The van der Waals surface area contributed by atoms with Crippen LogP contribution < -0.4 is 15.4 Å². The highest BCUT2D eigenvalue weighted by molar-refractivity contribution is 5.63. The molecular weight excluding hydrogens is 378 g/mol. The summed E-state index contributed by atoms with van der Waals surface area (Å²) in [6, 6.07) is 8.62. The van der Waals surface area contributed by atoms with Crippen LogP contribution >= 0.6 is 0 Å². The van der Waals surface area contributed by atoms with Crippen LogP contribution in [0.5, 0.6) is 5.75 Å². The van der Waals surface area contributed by atoms with Gasteiger partial charge in [-0.05, 0) is 38.0 Å². The summed E-state index contributed by atoms with van der Waals surface area (Å²) in [5, 5.41) is 11.2. The highest BCUT2D eigenvalue weighted by atomic mass is 16.5. The number of fused-ring (bicyclic) bond motifs is 1. The number of rotatable bonds is 6. The van der Waals surface area contributed by atoms with Crippen molar-refractivity contribution in [1.29, 1.82) is 0 Å². The van der Waals surface area contributed by atoms with Gasteiger partial charge >= 0.3 is 0 Å². The Morgan fingerprint density at radius 1 is 1.17 bits per heavy atom. The molecular formula is C22H27N7O. The van der Waals surface area contributed by atoms with Gasteiger partial charge < -0.3 is 15.4 Å². The zero-order valence-corrected chi connectivity index (χ0v) is 17.6. The molecule has 1 fully saturated rings. The number of anilines is 3. The number of nitrogens with zero attached hydrogens (tertiary/aromatic N) is 5. The van der Waals surface area contributed by atoms with E-state index in [1.54, 1.807) is 7.11 Å². The van der Waals surface area contributed by atoms with Crippen LogP contribution in [0.3, 0.4) is 0 Å². The maximum atomic E-state index is 5.62. The van der Waals surface area contributed by atoms with Gasteiger partial charge in [-0.2, -0.15) is 10.1 Å². The van der Waals surface area contributed by atoms with Gasteiger partial charge in [-0.1, -0.05) is 0 Å². The molecule has 0 unspecified atom stereocenters. The number of hydrogen-bond acceptors (Lipinski definition) is 7. The first-order valence-corrected chi connectivity index (χ1v) is 10.4. The van der Waals surface area contributed by atoms with Gasteiger partial charge in [0.05, 0.1) is 12.8 Å². The van der Waals surface area contributed by atoms with Crippen molar-refractivity contribution in [2.75, 3.05) is 31.3 Å². The van der Waals surface area contributed by atoms with Gasteiger partial charge in [0.1, 0.15) is 17.3 Å². The molecule has 3 aromatic rings. The van der Waals surface area contributed by atoms with Crippen LogP contribution in [0, 0.1) is 6.92 Å². The fourth-order valence-corrected chi connectivity index (χ4v) is 4.04. The maximum Gasteiger partial charge on any atom is 0.229 e. The molecule has 1 aliphatic carbocycles. The Morgan fingerprint density at radius 2 is 2.03 bits per heavy atom. The first-order valence-electron chi connectivity index (χ1n) is 10.4. The lowest BCUT2D eigenvalue weighted by Crippen LogP contribution is -2.31. The molecule has 0 spiro atoms. The van der Waals surface area contributed by atoms with E-state index in [2.05, 4.69) is 31.7 Å². The predicted octanol–water partition coefficient (Wildman–Crippen LogP) is 3.29. The maximum absolute atomic E-state index is 5.62. The minimum atomic E-state index is 0.551. The van der Waals surface area contributed by atoms with E-state index in [0.717, 1.165) is 54.2 Å². The highest BCUT2D eigenvalue weighted by Gasteiger charge is 2.32. The van der Waals surface area contributed by atoms with Crippen molar-refractivity contribution in [2.24, 2.45) is 0 Å². The molecule has 2 aliphatic rings. The van der Waals surface area contributed by atoms with Gasteiger partial charge in [-0.3, -0.25) is 4.90 Å². The summed E-state index contributed by atoms with van der Waals surface area (Å²) in [5.74, 6) is 2.11. The normalized spacial score (nSPS) is 16.2. The molecule has 2 aromatic heterocycles. The minimum absolute atomic E-state index is 0.551. The number of ether oxygens (including phenoxy) is 1. The molecule has 3 heterocycles. The van der Waals surface area contributed by atoms with Crippen molar-refractivity contribution < 1.29 is 4.74 Å². The molecule has 0 radical (unpaired) electrons. The van der Waals surface area contributed by atoms with E-state index in [4.69, 9.17) is 9.84 Å². The van der Waals surface area contributed by atoms with Gasteiger partial charge in [0.2, 0.25) is 5.95 Å². The van der Waals surface area contributed by atoms with Gasteiger partial charge in [0.25, 0.3) is 0 Å². The van der Waals surface area contributed by atoms with Gasteiger partial charge in [0, 0.05) is 61.8 Å². The average molecular weight is 406 g/mol. The number of nitrogens with one attached hydrogen (secondary N) is 2. The summed E-state index contributed by atoms with van der Waals surface area (Å²) in [6.45, 7) is 4.04. The number of hydrogen-bond donors (Lipinski definition) is 2. The second-order valence-electron chi connectivity index (χ2n) is 7.98. The van der Waals surface area contributed by atoms with Crippen LogP contribution in [0.2, 0.25) is 0 Å².